The van der Waals surface area contributed by atoms with Crippen LogP contribution < -0.4 is 10.6 Å². The maximum Gasteiger partial charge on any atom is 0.224 e. The second kappa shape index (κ2) is 4.94. The molecular formula is C11H20N2O2. The highest BCUT2D eigenvalue weighted by atomic mass is 16.5. The van der Waals surface area contributed by atoms with E-state index in [2.05, 4.69) is 17.6 Å². The Morgan fingerprint density at radius 2 is 2.33 bits per heavy atom. The average molecular weight is 212 g/mol. The van der Waals surface area contributed by atoms with Gasteiger partial charge in [-0.3, -0.25) is 4.79 Å². The minimum Gasteiger partial charge on any atom is -0.379 e. The lowest BCUT2D eigenvalue weighted by Crippen LogP contribution is -2.46. The van der Waals surface area contributed by atoms with Gasteiger partial charge < -0.3 is 15.4 Å². The second-order valence-corrected chi connectivity index (χ2v) is 4.77. The van der Waals surface area contributed by atoms with Crippen molar-refractivity contribution in [1.82, 2.24) is 10.6 Å². The number of rotatable bonds is 2. The van der Waals surface area contributed by atoms with Crippen LogP contribution in [0.3, 0.4) is 0 Å². The van der Waals surface area contributed by atoms with E-state index in [0.29, 0.717) is 12.5 Å². The summed E-state index contributed by atoms with van der Waals surface area (Å²) in [5.74, 6) is 0.952. The number of nitrogens with one attached hydrogen (secondary N) is 2. The Morgan fingerprint density at radius 3 is 3.00 bits per heavy atom. The van der Waals surface area contributed by atoms with Gasteiger partial charge in [-0.15, -0.1) is 0 Å². The minimum absolute atomic E-state index is 0.148. The predicted octanol–water partition coefficient (Wildman–Crippen LogP) is 0.137. The van der Waals surface area contributed by atoms with Gasteiger partial charge in [0.15, 0.2) is 0 Å². The van der Waals surface area contributed by atoms with Crippen LogP contribution in [0.1, 0.15) is 19.8 Å². The smallest absolute Gasteiger partial charge is 0.224 e. The highest BCUT2D eigenvalue weighted by Gasteiger charge is 2.27. The standard InChI is InChI=1S/C11H20N2O2/c1-8-4-9(6-12-5-8)11(14)13-10-2-3-15-7-10/h8-10,12H,2-7H2,1H3,(H,13,14). The van der Waals surface area contributed by atoms with Crippen molar-refractivity contribution in [2.24, 2.45) is 11.8 Å². The summed E-state index contributed by atoms with van der Waals surface area (Å²) in [4.78, 5) is 11.9. The molecule has 2 rings (SSSR count). The molecule has 4 heteroatoms. The highest BCUT2D eigenvalue weighted by Crippen LogP contribution is 2.16. The molecular weight excluding hydrogens is 192 g/mol. The van der Waals surface area contributed by atoms with Crippen LogP contribution in [0.2, 0.25) is 0 Å². The van der Waals surface area contributed by atoms with E-state index >= 15 is 0 Å². The third-order valence-electron chi connectivity index (χ3n) is 3.22. The third-order valence-corrected chi connectivity index (χ3v) is 3.22. The van der Waals surface area contributed by atoms with Gasteiger partial charge in [0.25, 0.3) is 0 Å². The molecule has 0 aromatic carbocycles. The first-order valence-corrected chi connectivity index (χ1v) is 5.84. The molecule has 15 heavy (non-hydrogen) atoms. The second-order valence-electron chi connectivity index (χ2n) is 4.77. The molecule has 3 atom stereocenters. The molecule has 2 heterocycles. The van der Waals surface area contributed by atoms with Crippen molar-refractivity contribution in [1.29, 1.82) is 0 Å². The summed E-state index contributed by atoms with van der Waals surface area (Å²) in [6.07, 6.45) is 1.97. The maximum atomic E-state index is 11.9. The number of amides is 1. The first-order valence-electron chi connectivity index (χ1n) is 5.84. The van der Waals surface area contributed by atoms with Crippen LogP contribution in [-0.2, 0) is 9.53 Å². The fourth-order valence-electron chi connectivity index (χ4n) is 2.32. The van der Waals surface area contributed by atoms with E-state index in [0.717, 1.165) is 32.5 Å². The quantitative estimate of drug-likeness (QED) is 0.684. The third kappa shape index (κ3) is 2.92. The molecule has 4 nitrogen and oxygen atoms in total. The Morgan fingerprint density at radius 1 is 1.47 bits per heavy atom. The molecule has 0 bridgehead atoms. The van der Waals surface area contributed by atoms with Gasteiger partial charge in [0.1, 0.15) is 0 Å². The average Bonchev–Trinajstić information content (AvgIpc) is 2.70. The lowest BCUT2D eigenvalue weighted by atomic mass is 9.91. The van der Waals surface area contributed by atoms with Crippen LogP contribution >= 0.6 is 0 Å². The monoisotopic (exact) mass is 212 g/mol. The van der Waals surface area contributed by atoms with Crippen molar-refractivity contribution >= 4 is 5.91 Å². The van der Waals surface area contributed by atoms with Gasteiger partial charge in [0.2, 0.25) is 5.91 Å². The zero-order valence-electron chi connectivity index (χ0n) is 9.29. The number of hydrogen-bond acceptors (Lipinski definition) is 3. The number of ether oxygens (including phenoxy) is 1. The molecule has 2 aliphatic rings. The predicted molar refractivity (Wildman–Crippen MR) is 57.5 cm³/mol. The summed E-state index contributed by atoms with van der Waals surface area (Å²) in [6, 6.07) is 0.245. The van der Waals surface area contributed by atoms with Gasteiger partial charge in [-0.1, -0.05) is 6.92 Å². The summed E-state index contributed by atoms with van der Waals surface area (Å²) in [6.45, 7) is 5.51. The molecule has 2 N–H and O–H groups in total. The van der Waals surface area contributed by atoms with Crippen LogP contribution in [0.5, 0.6) is 0 Å². The van der Waals surface area contributed by atoms with Crippen molar-refractivity contribution in [3.8, 4) is 0 Å². The summed E-state index contributed by atoms with van der Waals surface area (Å²) >= 11 is 0. The molecule has 0 spiro atoms. The van der Waals surface area contributed by atoms with E-state index in [1.165, 1.54) is 0 Å². The maximum absolute atomic E-state index is 11.9. The van der Waals surface area contributed by atoms with Crippen LogP contribution in [0.15, 0.2) is 0 Å². The fraction of sp³-hybridized carbons (Fsp3) is 0.909. The Balaban J connectivity index is 1.78. The molecule has 0 aromatic heterocycles. The Bertz CT molecular complexity index is 227. The van der Waals surface area contributed by atoms with E-state index in [-0.39, 0.29) is 17.9 Å². The van der Waals surface area contributed by atoms with Crippen molar-refractivity contribution in [2.75, 3.05) is 26.3 Å². The molecule has 2 aliphatic heterocycles. The normalized spacial score (nSPS) is 36.5. The van der Waals surface area contributed by atoms with Crippen LogP contribution in [0.4, 0.5) is 0 Å². The first kappa shape index (κ1) is 10.9. The Kier molecular flexibility index (Phi) is 3.59. The van der Waals surface area contributed by atoms with E-state index in [9.17, 15) is 4.79 Å². The van der Waals surface area contributed by atoms with Gasteiger partial charge in [0.05, 0.1) is 18.6 Å². The van der Waals surface area contributed by atoms with E-state index in [1.807, 2.05) is 0 Å². The lowest BCUT2D eigenvalue weighted by molar-refractivity contribution is -0.126. The summed E-state index contributed by atoms with van der Waals surface area (Å²) in [5, 5.41) is 6.36. The highest BCUT2D eigenvalue weighted by molar-refractivity contribution is 5.79. The summed E-state index contributed by atoms with van der Waals surface area (Å²) < 4.78 is 5.24. The fourth-order valence-corrected chi connectivity index (χ4v) is 2.32. The Hall–Kier alpha value is -0.610. The topological polar surface area (TPSA) is 50.4 Å². The molecule has 0 aromatic rings. The minimum atomic E-state index is 0.148. The molecule has 0 saturated carbocycles. The van der Waals surface area contributed by atoms with E-state index in [4.69, 9.17) is 4.74 Å². The molecule has 86 valence electrons. The molecule has 0 aliphatic carbocycles. The molecule has 0 radical (unpaired) electrons. The lowest BCUT2D eigenvalue weighted by Gasteiger charge is -2.27. The largest absolute Gasteiger partial charge is 0.379 e. The molecule has 2 fully saturated rings. The number of carbonyl (C=O) groups is 1. The zero-order chi connectivity index (χ0) is 10.7. The number of piperidine rings is 1. The van der Waals surface area contributed by atoms with Gasteiger partial charge in [0, 0.05) is 13.2 Å². The van der Waals surface area contributed by atoms with Crippen molar-refractivity contribution < 1.29 is 9.53 Å². The van der Waals surface area contributed by atoms with Crippen LogP contribution in [0, 0.1) is 11.8 Å². The number of hydrogen-bond donors (Lipinski definition) is 2. The zero-order valence-corrected chi connectivity index (χ0v) is 9.29. The van der Waals surface area contributed by atoms with Crippen molar-refractivity contribution in [3.63, 3.8) is 0 Å². The van der Waals surface area contributed by atoms with Crippen molar-refractivity contribution in [2.45, 2.75) is 25.8 Å². The van der Waals surface area contributed by atoms with Gasteiger partial charge in [-0.25, -0.2) is 0 Å². The molecule has 3 unspecified atom stereocenters. The van der Waals surface area contributed by atoms with Gasteiger partial charge in [-0.05, 0) is 25.3 Å². The summed E-state index contributed by atoms with van der Waals surface area (Å²) in [7, 11) is 0. The van der Waals surface area contributed by atoms with Gasteiger partial charge >= 0.3 is 0 Å². The SMILES string of the molecule is CC1CNCC(C(=O)NC2CCOC2)C1. The van der Waals surface area contributed by atoms with Crippen LogP contribution in [-0.4, -0.2) is 38.3 Å². The number of carbonyl (C=O) groups excluding carboxylic acids is 1. The van der Waals surface area contributed by atoms with Crippen molar-refractivity contribution in [3.05, 3.63) is 0 Å². The molecule has 2 saturated heterocycles. The molecule has 1 amide bonds. The Labute approximate surface area is 90.8 Å². The summed E-state index contributed by atoms with van der Waals surface area (Å²) in [5.41, 5.74) is 0. The first-order chi connectivity index (χ1) is 7.25. The van der Waals surface area contributed by atoms with E-state index in [1.54, 1.807) is 0 Å². The van der Waals surface area contributed by atoms with Crippen LogP contribution in [0.25, 0.3) is 0 Å². The van der Waals surface area contributed by atoms with E-state index < -0.39 is 0 Å². The van der Waals surface area contributed by atoms with Gasteiger partial charge in [-0.2, -0.15) is 0 Å².